The van der Waals surface area contributed by atoms with Gasteiger partial charge in [0.15, 0.2) is 5.75 Å². The molecule has 0 heterocycles. The molecule has 0 saturated carbocycles. The van der Waals surface area contributed by atoms with Crippen LogP contribution in [0.25, 0.3) is 0 Å². The van der Waals surface area contributed by atoms with Crippen LogP contribution in [-0.4, -0.2) is 26.6 Å². The molecule has 0 aliphatic carbocycles. The average molecular weight is 421 g/mol. The SMILES string of the molecule is COc1c(CC(C)O)cccc1O[Si](c1ccccc1)(c1ccccc1)C(C)(C)C. The molecule has 0 fully saturated rings. The molecule has 1 N–H and O–H groups in total. The third kappa shape index (κ3) is 4.30. The first-order valence-corrected chi connectivity index (χ1v) is 12.3. The molecular formula is C26H32O3Si. The van der Waals surface area contributed by atoms with Crippen LogP contribution in [0.4, 0.5) is 0 Å². The third-order valence-electron chi connectivity index (χ3n) is 5.46. The summed E-state index contributed by atoms with van der Waals surface area (Å²) in [6.45, 7) is 8.55. The summed E-state index contributed by atoms with van der Waals surface area (Å²) in [4.78, 5) is 0. The normalized spacial score (nSPS) is 13.0. The molecule has 3 nitrogen and oxygen atoms in total. The highest BCUT2D eigenvalue weighted by atomic mass is 28.4. The lowest BCUT2D eigenvalue weighted by molar-refractivity contribution is 0.194. The van der Waals surface area contributed by atoms with Crippen LogP contribution in [0.2, 0.25) is 5.04 Å². The van der Waals surface area contributed by atoms with Gasteiger partial charge in [-0.15, -0.1) is 0 Å². The first-order chi connectivity index (χ1) is 14.3. The van der Waals surface area contributed by atoms with Crippen LogP contribution in [0.3, 0.4) is 0 Å². The predicted molar refractivity (Wildman–Crippen MR) is 127 cm³/mol. The van der Waals surface area contributed by atoms with Gasteiger partial charge in [0.1, 0.15) is 5.75 Å². The Labute approximate surface area is 181 Å². The second-order valence-corrected chi connectivity index (χ2v) is 13.0. The van der Waals surface area contributed by atoms with Gasteiger partial charge in [-0.3, -0.25) is 0 Å². The van der Waals surface area contributed by atoms with Crippen LogP contribution in [0, 0.1) is 0 Å². The average Bonchev–Trinajstić information content (AvgIpc) is 2.72. The third-order valence-corrected chi connectivity index (χ3v) is 10.4. The van der Waals surface area contributed by atoms with Crippen molar-refractivity contribution in [1.82, 2.24) is 0 Å². The number of para-hydroxylation sites is 1. The van der Waals surface area contributed by atoms with Crippen molar-refractivity contribution in [3.05, 3.63) is 84.4 Å². The van der Waals surface area contributed by atoms with Gasteiger partial charge in [0, 0.05) is 12.0 Å². The molecular weight excluding hydrogens is 388 g/mol. The fraction of sp³-hybridized carbons (Fsp3) is 0.308. The van der Waals surface area contributed by atoms with Crippen LogP contribution in [0.5, 0.6) is 11.5 Å². The molecule has 1 atom stereocenters. The van der Waals surface area contributed by atoms with E-state index in [1.54, 1.807) is 14.0 Å². The first kappa shape index (κ1) is 22.1. The maximum atomic E-state index is 9.95. The van der Waals surface area contributed by atoms with Crippen molar-refractivity contribution >= 4 is 18.7 Å². The molecule has 158 valence electrons. The van der Waals surface area contributed by atoms with E-state index in [0.29, 0.717) is 12.2 Å². The molecule has 3 rings (SSSR count). The van der Waals surface area contributed by atoms with Crippen molar-refractivity contribution < 1.29 is 14.3 Å². The Bertz CT molecular complexity index is 908. The summed E-state index contributed by atoms with van der Waals surface area (Å²) >= 11 is 0. The molecule has 0 spiro atoms. The first-order valence-electron chi connectivity index (χ1n) is 10.4. The molecule has 1 unspecified atom stereocenters. The molecule has 0 amide bonds. The molecule has 3 aromatic rings. The van der Waals surface area contributed by atoms with E-state index in [1.807, 2.05) is 30.3 Å². The van der Waals surface area contributed by atoms with Crippen molar-refractivity contribution in [3.63, 3.8) is 0 Å². The lowest BCUT2D eigenvalue weighted by atomic mass is 10.1. The highest BCUT2D eigenvalue weighted by Gasteiger charge is 2.52. The number of benzene rings is 3. The van der Waals surface area contributed by atoms with Crippen LogP contribution in [0.1, 0.15) is 33.3 Å². The van der Waals surface area contributed by atoms with Gasteiger partial charge in [-0.2, -0.15) is 0 Å². The zero-order valence-corrected chi connectivity index (χ0v) is 19.6. The van der Waals surface area contributed by atoms with E-state index in [1.165, 1.54) is 10.4 Å². The summed E-state index contributed by atoms with van der Waals surface area (Å²) in [7, 11) is -1.08. The molecule has 0 bridgehead atoms. The molecule has 0 aliphatic rings. The fourth-order valence-corrected chi connectivity index (χ4v) is 8.59. The van der Waals surface area contributed by atoms with E-state index in [-0.39, 0.29) is 5.04 Å². The zero-order chi connectivity index (χ0) is 21.8. The van der Waals surface area contributed by atoms with Gasteiger partial charge in [-0.1, -0.05) is 93.6 Å². The number of aliphatic hydroxyl groups is 1. The quantitative estimate of drug-likeness (QED) is 0.570. The van der Waals surface area contributed by atoms with E-state index >= 15 is 0 Å². The molecule has 0 radical (unpaired) electrons. The highest BCUT2D eigenvalue weighted by molar-refractivity contribution is 7.00. The molecule has 0 saturated heterocycles. The number of ether oxygens (including phenoxy) is 1. The number of methoxy groups -OCH3 is 1. The Balaban J connectivity index is 2.25. The van der Waals surface area contributed by atoms with E-state index < -0.39 is 14.4 Å². The van der Waals surface area contributed by atoms with Crippen molar-refractivity contribution in [2.75, 3.05) is 7.11 Å². The van der Waals surface area contributed by atoms with Gasteiger partial charge in [-0.05, 0) is 28.4 Å². The van der Waals surface area contributed by atoms with Gasteiger partial charge in [0.25, 0.3) is 0 Å². The minimum absolute atomic E-state index is 0.138. The van der Waals surface area contributed by atoms with Crippen molar-refractivity contribution in [2.24, 2.45) is 0 Å². The zero-order valence-electron chi connectivity index (χ0n) is 18.6. The fourth-order valence-electron chi connectivity index (χ4n) is 4.17. The summed E-state index contributed by atoms with van der Waals surface area (Å²) in [5.41, 5.74) is 0.947. The van der Waals surface area contributed by atoms with Gasteiger partial charge < -0.3 is 14.3 Å². The van der Waals surface area contributed by atoms with E-state index in [2.05, 4.69) is 69.3 Å². The summed E-state index contributed by atoms with van der Waals surface area (Å²) < 4.78 is 12.9. The lowest BCUT2D eigenvalue weighted by Crippen LogP contribution is -2.68. The van der Waals surface area contributed by atoms with Crippen molar-refractivity contribution in [1.29, 1.82) is 0 Å². The lowest BCUT2D eigenvalue weighted by Gasteiger charge is -2.43. The summed E-state index contributed by atoms with van der Waals surface area (Å²) in [5, 5.41) is 12.2. The maximum absolute atomic E-state index is 9.95. The second-order valence-electron chi connectivity index (χ2n) is 8.77. The van der Waals surface area contributed by atoms with Crippen molar-refractivity contribution in [3.8, 4) is 11.5 Å². The van der Waals surface area contributed by atoms with Crippen LogP contribution >= 0.6 is 0 Å². The Morgan fingerprint density at radius 3 is 1.80 bits per heavy atom. The number of aliphatic hydroxyl groups excluding tert-OH is 1. The van der Waals surface area contributed by atoms with Gasteiger partial charge in [0.2, 0.25) is 0 Å². The van der Waals surface area contributed by atoms with Crippen molar-refractivity contribution in [2.45, 2.75) is 45.3 Å². The number of hydrogen-bond acceptors (Lipinski definition) is 3. The standard InChI is InChI=1S/C26H32O3Si/c1-20(27)19-21-13-12-18-24(25(21)28-5)29-30(26(2,3)4,22-14-8-6-9-15-22)23-16-10-7-11-17-23/h6-18,20,27H,19H2,1-5H3. The van der Waals surface area contributed by atoms with Gasteiger partial charge in [0.05, 0.1) is 13.2 Å². The summed E-state index contributed by atoms with van der Waals surface area (Å²) in [6.07, 6.45) is 0.0585. The smallest absolute Gasteiger partial charge is 0.320 e. The second kappa shape index (κ2) is 9.07. The van der Waals surface area contributed by atoms with Gasteiger partial charge in [-0.25, -0.2) is 0 Å². The Hall–Kier alpha value is -2.56. The molecule has 30 heavy (non-hydrogen) atoms. The largest absolute Gasteiger partial charge is 0.531 e. The Morgan fingerprint density at radius 2 is 1.37 bits per heavy atom. The monoisotopic (exact) mass is 420 g/mol. The van der Waals surface area contributed by atoms with Crippen LogP contribution < -0.4 is 19.5 Å². The van der Waals surface area contributed by atoms with Gasteiger partial charge >= 0.3 is 8.32 Å². The minimum Gasteiger partial charge on any atom is -0.531 e. The molecule has 4 heteroatoms. The minimum atomic E-state index is -2.74. The van der Waals surface area contributed by atoms with E-state index in [9.17, 15) is 5.11 Å². The van der Waals surface area contributed by atoms with E-state index in [4.69, 9.17) is 9.16 Å². The molecule has 3 aromatic carbocycles. The molecule has 0 aliphatic heterocycles. The molecule has 0 aromatic heterocycles. The Morgan fingerprint density at radius 1 is 0.833 bits per heavy atom. The number of rotatable bonds is 7. The maximum Gasteiger partial charge on any atom is 0.320 e. The Kier molecular flexibility index (Phi) is 6.69. The highest BCUT2D eigenvalue weighted by Crippen LogP contribution is 2.41. The van der Waals surface area contributed by atoms with E-state index in [0.717, 1.165) is 11.3 Å². The van der Waals surface area contributed by atoms with Crippen LogP contribution in [0.15, 0.2) is 78.9 Å². The predicted octanol–water partition coefficient (Wildman–Crippen LogP) is 4.56. The van der Waals surface area contributed by atoms with Crippen LogP contribution in [-0.2, 0) is 6.42 Å². The topological polar surface area (TPSA) is 38.7 Å². The number of hydrogen-bond donors (Lipinski definition) is 1. The summed E-state index contributed by atoms with van der Waals surface area (Å²) in [5.74, 6) is 1.43. The summed E-state index contributed by atoms with van der Waals surface area (Å²) in [6, 6.07) is 27.1.